The second-order valence-corrected chi connectivity index (χ2v) is 3.11. The van der Waals surface area contributed by atoms with Crippen LogP contribution in [0.5, 0.6) is 11.5 Å². The van der Waals surface area contributed by atoms with Crippen LogP contribution in [0.2, 0.25) is 0 Å². The number of phenols is 1. The molecular weight excluding hydrogens is 248 g/mol. The molecule has 94 valence electrons. The van der Waals surface area contributed by atoms with E-state index in [-0.39, 0.29) is 18.2 Å². The fourth-order valence-corrected chi connectivity index (χ4v) is 1.24. The number of ether oxygens (including phenoxy) is 1. The van der Waals surface area contributed by atoms with E-state index in [9.17, 15) is 15.2 Å². The van der Waals surface area contributed by atoms with Crippen LogP contribution in [0.1, 0.15) is 11.6 Å². The summed E-state index contributed by atoms with van der Waals surface area (Å²) >= 11 is 0. The molecule has 0 amide bonds. The Morgan fingerprint density at radius 3 is 2.65 bits per heavy atom. The second kappa shape index (κ2) is 6.07. The van der Waals surface area contributed by atoms with Gasteiger partial charge in [0.25, 0.3) is 0 Å². The second-order valence-electron chi connectivity index (χ2n) is 3.11. The zero-order chi connectivity index (χ0) is 12.3. The molecule has 0 saturated heterocycles. The Bertz CT molecular complexity index is 437. The van der Waals surface area contributed by atoms with E-state index in [1.807, 2.05) is 0 Å². The van der Waals surface area contributed by atoms with Crippen molar-refractivity contribution < 1.29 is 14.8 Å². The van der Waals surface area contributed by atoms with Gasteiger partial charge in [-0.25, -0.2) is 0 Å². The molecule has 6 nitrogen and oxygen atoms in total. The summed E-state index contributed by atoms with van der Waals surface area (Å²) in [6.45, 7) is 3.49. The van der Waals surface area contributed by atoms with Crippen LogP contribution in [-0.4, -0.2) is 17.1 Å². The van der Waals surface area contributed by atoms with Crippen molar-refractivity contribution in [1.82, 2.24) is 0 Å². The van der Waals surface area contributed by atoms with Crippen molar-refractivity contribution >= 4 is 18.1 Å². The van der Waals surface area contributed by atoms with Crippen molar-refractivity contribution in [3.63, 3.8) is 0 Å². The summed E-state index contributed by atoms with van der Waals surface area (Å²) in [6.07, 6.45) is 1.44. The van der Waals surface area contributed by atoms with Gasteiger partial charge in [-0.15, -0.1) is 19.0 Å². The minimum absolute atomic E-state index is 0. The van der Waals surface area contributed by atoms with E-state index in [0.29, 0.717) is 5.56 Å². The molecule has 0 heterocycles. The monoisotopic (exact) mass is 260 g/mol. The van der Waals surface area contributed by atoms with Gasteiger partial charge in [-0.2, -0.15) is 0 Å². The Hall–Kier alpha value is -1.79. The van der Waals surface area contributed by atoms with Crippen molar-refractivity contribution in [3.05, 3.63) is 40.5 Å². The molecule has 0 bridgehead atoms. The van der Waals surface area contributed by atoms with Crippen molar-refractivity contribution in [3.8, 4) is 11.5 Å². The molecule has 0 fully saturated rings. The minimum atomic E-state index is -0.697. The highest BCUT2D eigenvalue weighted by Crippen LogP contribution is 2.38. The maximum absolute atomic E-state index is 10.7. The third-order valence-electron chi connectivity index (χ3n) is 2.13. The summed E-state index contributed by atoms with van der Waals surface area (Å²) < 4.78 is 4.83. The first-order valence-corrected chi connectivity index (χ1v) is 4.44. The molecule has 3 N–H and O–H groups in total. The molecule has 1 aromatic carbocycles. The summed E-state index contributed by atoms with van der Waals surface area (Å²) in [4.78, 5) is 9.98. The van der Waals surface area contributed by atoms with Crippen molar-refractivity contribution in [2.24, 2.45) is 5.73 Å². The van der Waals surface area contributed by atoms with Crippen molar-refractivity contribution in [2.75, 3.05) is 7.11 Å². The van der Waals surface area contributed by atoms with Crippen molar-refractivity contribution in [2.45, 2.75) is 6.04 Å². The number of benzene rings is 1. The van der Waals surface area contributed by atoms with Crippen LogP contribution in [0, 0.1) is 10.1 Å². The molecule has 0 saturated carbocycles. The number of hydrogen-bond donors (Lipinski definition) is 2. The number of aromatic hydroxyl groups is 1. The summed E-state index contributed by atoms with van der Waals surface area (Å²) in [5, 5.41) is 20.2. The SMILES string of the molecule is C=C[C@@H](N)c1cc(OC)c(O)c([N+](=O)[O-])c1.Cl. The van der Waals surface area contributed by atoms with Crippen LogP contribution in [0.4, 0.5) is 5.69 Å². The van der Waals surface area contributed by atoms with Gasteiger partial charge in [0.05, 0.1) is 12.0 Å². The summed E-state index contributed by atoms with van der Waals surface area (Å²) in [5.41, 5.74) is 5.68. The molecule has 0 aliphatic carbocycles. The first kappa shape index (κ1) is 15.2. The van der Waals surface area contributed by atoms with Crippen LogP contribution in [-0.2, 0) is 0 Å². The first-order chi connectivity index (χ1) is 7.51. The van der Waals surface area contributed by atoms with E-state index in [1.54, 1.807) is 0 Å². The molecule has 0 spiro atoms. The molecule has 1 rings (SSSR count). The van der Waals surface area contributed by atoms with E-state index in [1.165, 1.54) is 25.3 Å². The minimum Gasteiger partial charge on any atom is -0.500 e. The van der Waals surface area contributed by atoms with Gasteiger partial charge in [0, 0.05) is 12.1 Å². The lowest BCUT2D eigenvalue weighted by atomic mass is 10.1. The standard InChI is InChI=1S/C10H12N2O4.ClH/c1-3-7(11)6-4-8(12(14)15)10(13)9(5-6)16-2;/h3-5,7,13H,1,11H2,2H3;1H/t7-;/m1./s1. The van der Waals surface area contributed by atoms with Gasteiger partial charge < -0.3 is 15.6 Å². The molecule has 7 heteroatoms. The quantitative estimate of drug-likeness (QED) is 0.489. The lowest BCUT2D eigenvalue weighted by Gasteiger charge is -2.10. The fourth-order valence-electron chi connectivity index (χ4n) is 1.24. The third kappa shape index (κ3) is 3.08. The van der Waals surface area contributed by atoms with E-state index in [4.69, 9.17) is 10.5 Å². The highest BCUT2D eigenvalue weighted by Gasteiger charge is 2.21. The first-order valence-electron chi connectivity index (χ1n) is 4.44. The number of methoxy groups -OCH3 is 1. The third-order valence-corrected chi connectivity index (χ3v) is 2.13. The van der Waals surface area contributed by atoms with Gasteiger partial charge in [0.2, 0.25) is 5.75 Å². The Labute approximate surface area is 104 Å². The maximum atomic E-state index is 10.7. The lowest BCUT2D eigenvalue weighted by Crippen LogP contribution is -2.07. The van der Waals surface area contributed by atoms with E-state index >= 15 is 0 Å². The number of nitrogens with zero attached hydrogens (tertiary/aromatic N) is 1. The molecule has 0 aliphatic heterocycles. The number of nitrogens with two attached hydrogens (primary N) is 1. The average molecular weight is 261 g/mol. The molecule has 0 unspecified atom stereocenters. The van der Waals surface area contributed by atoms with Crippen LogP contribution in [0.15, 0.2) is 24.8 Å². The highest BCUT2D eigenvalue weighted by atomic mass is 35.5. The van der Waals surface area contributed by atoms with Crippen molar-refractivity contribution in [1.29, 1.82) is 0 Å². The Morgan fingerprint density at radius 2 is 2.24 bits per heavy atom. The molecule has 0 aromatic heterocycles. The number of halogens is 1. The molecular formula is C10H13ClN2O4. The van der Waals surface area contributed by atoms with Gasteiger partial charge in [-0.1, -0.05) is 6.08 Å². The summed E-state index contributed by atoms with van der Waals surface area (Å²) in [7, 11) is 1.31. The molecule has 1 aromatic rings. The van der Waals surface area contributed by atoms with Gasteiger partial charge in [0.1, 0.15) is 0 Å². The topological polar surface area (TPSA) is 98.6 Å². The molecule has 0 aliphatic rings. The molecule has 17 heavy (non-hydrogen) atoms. The predicted molar refractivity (Wildman–Crippen MR) is 65.7 cm³/mol. The average Bonchev–Trinajstić information content (AvgIpc) is 2.27. The van der Waals surface area contributed by atoms with Crippen LogP contribution >= 0.6 is 12.4 Å². The zero-order valence-electron chi connectivity index (χ0n) is 9.12. The molecule has 1 atom stereocenters. The number of nitro groups is 1. The van der Waals surface area contributed by atoms with E-state index in [2.05, 4.69) is 6.58 Å². The number of hydrogen-bond acceptors (Lipinski definition) is 5. The van der Waals surface area contributed by atoms with Gasteiger partial charge in [-0.3, -0.25) is 10.1 Å². The van der Waals surface area contributed by atoms with Crippen LogP contribution < -0.4 is 10.5 Å². The Morgan fingerprint density at radius 1 is 1.65 bits per heavy atom. The lowest BCUT2D eigenvalue weighted by molar-refractivity contribution is -0.386. The largest absolute Gasteiger partial charge is 0.500 e. The fraction of sp³-hybridized carbons (Fsp3) is 0.200. The van der Waals surface area contributed by atoms with Gasteiger partial charge in [0.15, 0.2) is 5.75 Å². The van der Waals surface area contributed by atoms with Crippen LogP contribution in [0.25, 0.3) is 0 Å². The maximum Gasteiger partial charge on any atom is 0.315 e. The summed E-state index contributed by atoms with van der Waals surface area (Å²) in [6, 6.07) is 2.09. The number of phenolic OH excluding ortho intramolecular Hbond substituents is 1. The Balaban J connectivity index is 0.00000256. The Kier molecular flexibility index (Phi) is 5.43. The molecule has 0 radical (unpaired) electrons. The smallest absolute Gasteiger partial charge is 0.315 e. The predicted octanol–water partition coefficient (Wildman–Crippen LogP) is 1.92. The van der Waals surface area contributed by atoms with Crippen LogP contribution in [0.3, 0.4) is 0 Å². The van der Waals surface area contributed by atoms with E-state index < -0.39 is 22.4 Å². The normalized spacial score (nSPS) is 11.2. The van der Waals surface area contributed by atoms with Gasteiger partial charge >= 0.3 is 5.69 Å². The number of rotatable bonds is 4. The number of nitro benzene ring substituents is 1. The highest BCUT2D eigenvalue weighted by molar-refractivity contribution is 5.85. The van der Waals surface area contributed by atoms with E-state index in [0.717, 1.165) is 0 Å². The van der Waals surface area contributed by atoms with Gasteiger partial charge in [-0.05, 0) is 11.6 Å². The summed E-state index contributed by atoms with van der Waals surface area (Å²) in [5.74, 6) is -0.492. The zero-order valence-corrected chi connectivity index (χ0v) is 9.94.